The maximum atomic E-state index is 13.3. The van der Waals surface area contributed by atoms with E-state index in [9.17, 15) is 14.5 Å². The summed E-state index contributed by atoms with van der Waals surface area (Å²) in [4.78, 5) is 10.5. The zero-order valence-corrected chi connectivity index (χ0v) is 12.0. The van der Waals surface area contributed by atoms with Gasteiger partial charge in [-0.3, -0.25) is 10.1 Å². The number of nitro benzene ring substituents is 1. The molecule has 112 valence electrons. The van der Waals surface area contributed by atoms with E-state index in [1.807, 2.05) is 23.0 Å². The van der Waals surface area contributed by atoms with Crippen LogP contribution in [0.25, 0.3) is 0 Å². The Hall–Kier alpha value is -2.21. The second-order valence-corrected chi connectivity index (χ2v) is 5.26. The molecular weight excluding hydrogens is 273 g/mol. The topological polar surface area (TPSA) is 60.1 Å². The molecule has 2 aromatic rings. The summed E-state index contributed by atoms with van der Waals surface area (Å²) in [6.07, 6.45) is 3.75. The first-order valence-corrected chi connectivity index (χ1v) is 6.76. The van der Waals surface area contributed by atoms with Gasteiger partial charge in [-0.15, -0.1) is 0 Å². The van der Waals surface area contributed by atoms with Crippen molar-refractivity contribution >= 4 is 5.69 Å². The van der Waals surface area contributed by atoms with Crippen LogP contribution >= 0.6 is 0 Å². The van der Waals surface area contributed by atoms with E-state index in [1.54, 1.807) is 0 Å². The molecule has 0 bridgehead atoms. The van der Waals surface area contributed by atoms with Crippen LogP contribution in [0.2, 0.25) is 0 Å². The molecule has 1 N–H and O–H groups in total. The van der Waals surface area contributed by atoms with Crippen molar-refractivity contribution < 1.29 is 9.31 Å². The molecule has 6 heteroatoms. The Morgan fingerprint density at radius 3 is 2.81 bits per heavy atom. The Morgan fingerprint density at radius 2 is 2.14 bits per heavy atom. The number of hydrogen-bond donors (Lipinski definition) is 1. The second-order valence-electron chi connectivity index (χ2n) is 5.26. The molecule has 0 radical (unpaired) electrons. The van der Waals surface area contributed by atoms with Crippen LogP contribution in [-0.4, -0.2) is 15.5 Å². The quantitative estimate of drug-likeness (QED) is 0.657. The van der Waals surface area contributed by atoms with Gasteiger partial charge in [0.1, 0.15) is 5.82 Å². The summed E-state index contributed by atoms with van der Waals surface area (Å²) in [5.41, 5.74) is 1.38. The van der Waals surface area contributed by atoms with Crippen LogP contribution in [0.3, 0.4) is 0 Å². The summed E-state index contributed by atoms with van der Waals surface area (Å²) < 4.78 is 15.1. The van der Waals surface area contributed by atoms with Crippen molar-refractivity contribution in [1.82, 2.24) is 9.88 Å². The summed E-state index contributed by atoms with van der Waals surface area (Å²) in [6, 6.07) is 5.85. The molecule has 0 unspecified atom stereocenters. The van der Waals surface area contributed by atoms with E-state index in [2.05, 4.69) is 19.2 Å². The molecule has 1 aromatic carbocycles. The van der Waals surface area contributed by atoms with Gasteiger partial charge in [-0.05, 0) is 23.8 Å². The largest absolute Gasteiger partial charge is 0.349 e. The van der Waals surface area contributed by atoms with Gasteiger partial charge >= 0.3 is 0 Å². The number of rotatable bonds is 6. The normalized spacial score (nSPS) is 11.0. The molecular formula is C15H18FN3O2. The van der Waals surface area contributed by atoms with E-state index < -0.39 is 10.7 Å². The highest BCUT2D eigenvalue weighted by Gasteiger charge is 2.14. The van der Waals surface area contributed by atoms with Gasteiger partial charge in [0.15, 0.2) is 0 Å². The van der Waals surface area contributed by atoms with E-state index in [1.165, 1.54) is 12.1 Å². The molecule has 0 saturated carbocycles. The van der Waals surface area contributed by atoms with Gasteiger partial charge in [-0.1, -0.05) is 13.8 Å². The number of halogens is 1. The molecule has 0 atom stereocenters. The predicted molar refractivity (Wildman–Crippen MR) is 78.6 cm³/mol. The van der Waals surface area contributed by atoms with Crippen molar-refractivity contribution in [2.45, 2.75) is 33.0 Å². The van der Waals surface area contributed by atoms with Crippen LogP contribution < -0.4 is 5.32 Å². The average Bonchev–Trinajstić information content (AvgIpc) is 2.83. The third-order valence-electron chi connectivity index (χ3n) is 3.12. The smallest absolute Gasteiger partial charge is 0.274 e. The molecule has 0 spiro atoms. The Morgan fingerprint density at radius 1 is 1.38 bits per heavy atom. The van der Waals surface area contributed by atoms with Crippen molar-refractivity contribution in [3.05, 3.63) is 63.7 Å². The first-order chi connectivity index (χ1) is 9.95. The minimum absolute atomic E-state index is 0.0630. The van der Waals surface area contributed by atoms with Crippen molar-refractivity contribution in [3.63, 3.8) is 0 Å². The number of aromatic nitrogens is 1. The third kappa shape index (κ3) is 4.13. The summed E-state index contributed by atoms with van der Waals surface area (Å²) >= 11 is 0. The lowest BCUT2D eigenvalue weighted by atomic mass is 10.1. The van der Waals surface area contributed by atoms with Crippen molar-refractivity contribution in [3.8, 4) is 0 Å². The number of nitrogens with zero attached hydrogens (tertiary/aromatic N) is 2. The number of nitro groups is 1. The highest BCUT2D eigenvalue weighted by atomic mass is 19.1. The molecule has 1 aromatic heterocycles. The van der Waals surface area contributed by atoms with Gasteiger partial charge in [0.2, 0.25) is 0 Å². The Labute approximate surface area is 122 Å². The van der Waals surface area contributed by atoms with Crippen LogP contribution in [0.15, 0.2) is 36.7 Å². The van der Waals surface area contributed by atoms with Gasteiger partial charge in [0, 0.05) is 31.0 Å². The average molecular weight is 291 g/mol. The molecule has 0 saturated heterocycles. The number of hydrogen-bond acceptors (Lipinski definition) is 3. The highest BCUT2D eigenvalue weighted by Crippen LogP contribution is 2.21. The maximum absolute atomic E-state index is 13.3. The van der Waals surface area contributed by atoms with Crippen LogP contribution in [0, 0.1) is 15.9 Å². The van der Waals surface area contributed by atoms with Crippen LogP contribution in [0.4, 0.5) is 10.1 Å². The van der Waals surface area contributed by atoms with Gasteiger partial charge in [0.25, 0.3) is 5.69 Å². The van der Waals surface area contributed by atoms with E-state index in [-0.39, 0.29) is 12.2 Å². The minimum atomic E-state index is -0.487. The summed E-state index contributed by atoms with van der Waals surface area (Å²) in [7, 11) is 0. The summed E-state index contributed by atoms with van der Waals surface area (Å²) in [5.74, 6) is -0.468. The summed E-state index contributed by atoms with van der Waals surface area (Å²) in [6.45, 7) is 5.13. The Balaban J connectivity index is 2.15. The lowest BCUT2D eigenvalue weighted by Crippen LogP contribution is -2.21. The molecule has 5 nitrogen and oxygen atoms in total. The standard InChI is InChI=1S/C15H18FN3O2/c1-11(2)17-8-12-5-6-18(9-12)10-13-7-14(16)3-4-15(13)19(20)21/h3-7,9,11,17H,8,10H2,1-2H3. The van der Waals surface area contributed by atoms with Crippen LogP contribution in [-0.2, 0) is 13.1 Å². The molecule has 21 heavy (non-hydrogen) atoms. The fraction of sp³-hybridized carbons (Fsp3) is 0.333. The van der Waals surface area contributed by atoms with Crippen LogP contribution in [0.1, 0.15) is 25.0 Å². The first kappa shape index (κ1) is 15.2. The molecule has 0 aliphatic carbocycles. The van der Waals surface area contributed by atoms with E-state index in [4.69, 9.17) is 0 Å². The number of nitrogens with one attached hydrogen (secondary N) is 1. The maximum Gasteiger partial charge on any atom is 0.274 e. The number of benzene rings is 1. The van der Waals surface area contributed by atoms with E-state index in [0.29, 0.717) is 11.6 Å². The molecule has 1 heterocycles. The predicted octanol–water partition coefficient (Wildman–Crippen LogP) is 3.08. The van der Waals surface area contributed by atoms with Crippen molar-refractivity contribution in [2.75, 3.05) is 0 Å². The lowest BCUT2D eigenvalue weighted by molar-refractivity contribution is -0.385. The Kier molecular flexibility index (Phi) is 4.70. The van der Waals surface area contributed by atoms with Gasteiger partial charge in [0.05, 0.1) is 17.0 Å². The molecule has 0 amide bonds. The first-order valence-electron chi connectivity index (χ1n) is 6.76. The Bertz CT molecular complexity index is 638. The molecule has 0 aliphatic rings. The summed E-state index contributed by atoms with van der Waals surface area (Å²) in [5, 5.41) is 14.3. The molecule has 0 fully saturated rings. The van der Waals surface area contributed by atoms with E-state index in [0.717, 1.165) is 18.2 Å². The molecule has 2 rings (SSSR count). The van der Waals surface area contributed by atoms with E-state index >= 15 is 0 Å². The van der Waals surface area contributed by atoms with Gasteiger partial charge < -0.3 is 9.88 Å². The monoisotopic (exact) mass is 291 g/mol. The van der Waals surface area contributed by atoms with Crippen LogP contribution in [0.5, 0.6) is 0 Å². The zero-order valence-electron chi connectivity index (χ0n) is 12.0. The SMILES string of the molecule is CC(C)NCc1ccn(Cc2cc(F)ccc2[N+](=O)[O-])c1. The molecule has 0 aliphatic heterocycles. The highest BCUT2D eigenvalue weighted by molar-refractivity contribution is 5.40. The fourth-order valence-electron chi connectivity index (χ4n) is 2.07. The van der Waals surface area contributed by atoms with Crippen molar-refractivity contribution in [1.29, 1.82) is 0 Å². The zero-order chi connectivity index (χ0) is 15.4. The van der Waals surface area contributed by atoms with Crippen molar-refractivity contribution in [2.24, 2.45) is 0 Å². The van der Waals surface area contributed by atoms with Gasteiger partial charge in [-0.25, -0.2) is 4.39 Å². The second kappa shape index (κ2) is 6.49. The fourth-order valence-corrected chi connectivity index (χ4v) is 2.07. The van der Waals surface area contributed by atoms with Gasteiger partial charge in [-0.2, -0.15) is 0 Å². The third-order valence-corrected chi connectivity index (χ3v) is 3.12. The minimum Gasteiger partial charge on any atom is -0.349 e. The lowest BCUT2D eigenvalue weighted by Gasteiger charge is -2.06.